The fraction of sp³-hybridized carbons (Fsp3) is 0.690. The van der Waals surface area contributed by atoms with E-state index in [0.717, 1.165) is 67.8 Å². The number of pyridine rings is 1. The van der Waals surface area contributed by atoms with Crippen LogP contribution in [0.25, 0.3) is 10.8 Å². The minimum Gasteiger partial charge on any atom is -0.383 e. The van der Waals surface area contributed by atoms with Gasteiger partial charge in [0.25, 0.3) is 0 Å². The Bertz CT molecular complexity index is 1170. The molecule has 2 aliphatic carbocycles. The molecule has 4 aliphatic rings. The third-order valence-corrected chi connectivity index (χ3v) is 11.6. The average molecular weight is 544 g/mol. The van der Waals surface area contributed by atoms with Gasteiger partial charge in [-0.1, -0.05) is 19.8 Å². The minimum absolute atomic E-state index is 0.103. The second-order valence-electron chi connectivity index (χ2n) is 11.6. The zero-order chi connectivity index (χ0) is 26.5. The van der Waals surface area contributed by atoms with Gasteiger partial charge in [0.05, 0.1) is 12.0 Å². The zero-order valence-electron chi connectivity index (χ0n) is 22.7. The van der Waals surface area contributed by atoms with E-state index in [1.54, 1.807) is 13.1 Å². The highest BCUT2D eigenvalue weighted by Crippen LogP contribution is 2.35. The number of hydrogen-bond donors (Lipinski definition) is 4. The molecule has 3 heterocycles. The first-order chi connectivity index (χ1) is 18.4. The Labute approximate surface area is 227 Å². The average Bonchev–Trinajstić information content (AvgIpc) is 2.92. The minimum atomic E-state index is -3.09. The summed E-state index contributed by atoms with van der Waals surface area (Å²) in [7, 11) is -3.09. The van der Waals surface area contributed by atoms with Crippen LogP contribution in [0.5, 0.6) is 0 Å². The summed E-state index contributed by atoms with van der Waals surface area (Å²) >= 11 is 0. The van der Waals surface area contributed by atoms with Gasteiger partial charge < -0.3 is 21.1 Å². The van der Waals surface area contributed by atoms with Crippen LogP contribution >= 0.6 is 0 Å². The van der Waals surface area contributed by atoms with Gasteiger partial charge in [0.1, 0.15) is 5.82 Å². The number of aromatic nitrogens is 1. The van der Waals surface area contributed by atoms with E-state index in [2.05, 4.69) is 39.1 Å². The second-order valence-corrected chi connectivity index (χ2v) is 14.1. The van der Waals surface area contributed by atoms with Crippen molar-refractivity contribution in [3.05, 3.63) is 30.5 Å². The first-order valence-corrected chi connectivity index (χ1v) is 16.3. The van der Waals surface area contributed by atoms with Gasteiger partial charge in [0, 0.05) is 48.3 Å². The van der Waals surface area contributed by atoms with Crippen LogP contribution in [-0.4, -0.2) is 62.9 Å². The number of nitrogens with zero attached hydrogens (tertiary/aromatic N) is 1. The molecular formula is C29H45N5O3S. The predicted molar refractivity (Wildman–Crippen MR) is 155 cm³/mol. The molecule has 6 rings (SSSR count). The van der Waals surface area contributed by atoms with Crippen LogP contribution in [0.3, 0.4) is 0 Å². The maximum absolute atomic E-state index is 13.0. The van der Waals surface area contributed by atoms with Gasteiger partial charge >= 0.3 is 0 Å². The maximum Gasteiger partial charge on any atom is 0.153 e. The van der Waals surface area contributed by atoms with Gasteiger partial charge in [0.2, 0.25) is 0 Å². The summed E-state index contributed by atoms with van der Waals surface area (Å²) in [5.74, 6) is 2.18. The van der Waals surface area contributed by atoms with E-state index in [0.29, 0.717) is 24.5 Å². The van der Waals surface area contributed by atoms with E-state index in [1.165, 1.54) is 25.7 Å². The van der Waals surface area contributed by atoms with Crippen LogP contribution in [0, 0.1) is 17.8 Å². The summed E-state index contributed by atoms with van der Waals surface area (Å²) in [5.41, 5.74) is 7.17. The number of nitrogen functional groups attached to an aromatic ring is 1. The van der Waals surface area contributed by atoms with Crippen molar-refractivity contribution < 1.29 is 13.2 Å². The van der Waals surface area contributed by atoms with Crippen LogP contribution in [0.2, 0.25) is 0 Å². The third-order valence-electron chi connectivity index (χ3n) is 9.30. The SMILES string of the molecule is CCS(=O)(=O)C1CCC2CC1CNC[C@H](Nc1ccc3c(N)nccc3c1)C1CCC(CCOCN2)CC1. The molecule has 3 unspecified atom stereocenters. The van der Waals surface area contributed by atoms with E-state index in [1.807, 2.05) is 6.07 Å². The van der Waals surface area contributed by atoms with Crippen molar-refractivity contribution in [1.82, 2.24) is 15.6 Å². The molecule has 9 heteroatoms. The normalized spacial score (nSPS) is 31.7. The fourth-order valence-corrected chi connectivity index (χ4v) is 8.68. The maximum atomic E-state index is 13.0. The fourth-order valence-electron chi connectivity index (χ4n) is 6.97. The first-order valence-electron chi connectivity index (χ1n) is 14.6. The van der Waals surface area contributed by atoms with Gasteiger partial charge in [-0.3, -0.25) is 5.32 Å². The van der Waals surface area contributed by atoms with E-state index in [9.17, 15) is 8.42 Å². The molecule has 4 bridgehead atoms. The molecule has 5 N–H and O–H groups in total. The van der Waals surface area contributed by atoms with E-state index >= 15 is 0 Å². The van der Waals surface area contributed by atoms with Crippen LogP contribution in [0.4, 0.5) is 11.5 Å². The molecule has 210 valence electrons. The monoisotopic (exact) mass is 543 g/mol. The quantitative estimate of drug-likeness (QED) is 0.458. The summed E-state index contributed by atoms with van der Waals surface area (Å²) in [6.07, 6.45) is 10.2. The van der Waals surface area contributed by atoms with Gasteiger partial charge in [-0.25, -0.2) is 13.4 Å². The highest BCUT2D eigenvalue weighted by atomic mass is 32.2. The number of nitrogens with one attached hydrogen (secondary N) is 3. The van der Waals surface area contributed by atoms with Crippen molar-refractivity contribution in [1.29, 1.82) is 0 Å². The number of sulfone groups is 1. The van der Waals surface area contributed by atoms with Gasteiger partial charge in [-0.15, -0.1) is 0 Å². The molecule has 2 aliphatic heterocycles. The Morgan fingerprint density at radius 2 is 1.89 bits per heavy atom. The Hall–Kier alpha value is -1.94. The Kier molecular flexibility index (Phi) is 9.08. The van der Waals surface area contributed by atoms with Gasteiger partial charge in [-0.2, -0.15) is 0 Å². The number of nitrogens with two attached hydrogens (primary N) is 1. The molecule has 4 fully saturated rings. The van der Waals surface area contributed by atoms with E-state index < -0.39 is 9.84 Å². The number of anilines is 2. The number of fused-ring (bicyclic) bond motifs is 10. The third kappa shape index (κ3) is 6.61. The van der Waals surface area contributed by atoms with Gasteiger partial charge in [-0.05, 0) is 92.5 Å². The van der Waals surface area contributed by atoms with Crippen LogP contribution < -0.4 is 21.7 Å². The molecule has 4 atom stereocenters. The number of hydrogen-bond acceptors (Lipinski definition) is 8. The summed E-state index contributed by atoms with van der Waals surface area (Å²) in [6, 6.07) is 8.90. The number of ether oxygens (including phenoxy) is 1. The van der Waals surface area contributed by atoms with Crippen molar-refractivity contribution >= 4 is 32.1 Å². The molecule has 0 amide bonds. The van der Waals surface area contributed by atoms with Crippen molar-refractivity contribution in [3.8, 4) is 0 Å². The lowest BCUT2D eigenvalue weighted by Crippen LogP contribution is -2.49. The molecular weight excluding hydrogens is 498 g/mol. The van der Waals surface area contributed by atoms with Crippen molar-refractivity contribution in [2.24, 2.45) is 17.8 Å². The number of rotatable bonds is 4. The highest BCUT2D eigenvalue weighted by molar-refractivity contribution is 7.92. The Morgan fingerprint density at radius 3 is 2.71 bits per heavy atom. The topological polar surface area (TPSA) is 118 Å². The molecule has 8 nitrogen and oxygen atoms in total. The summed E-state index contributed by atoms with van der Waals surface area (Å²) < 4.78 is 31.9. The Morgan fingerprint density at radius 1 is 1.05 bits per heavy atom. The van der Waals surface area contributed by atoms with Gasteiger partial charge in [0.15, 0.2) is 9.84 Å². The summed E-state index contributed by atoms with van der Waals surface area (Å²) in [4.78, 5) is 4.21. The van der Waals surface area contributed by atoms with E-state index in [-0.39, 0.29) is 23.0 Å². The van der Waals surface area contributed by atoms with Crippen LogP contribution in [0.15, 0.2) is 30.5 Å². The Balaban J connectivity index is 1.34. The van der Waals surface area contributed by atoms with Crippen molar-refractivity contribution in [2.45, 2.75) is 75.6 Å². The largest absolute Gasteiger partial charge is 0.383 e. The second kappa shape index (κ2) is 12.5. The smallest absolute Gasteiger partial charge is 0.153 e. The predicted octanol–water partition coefficient (Wildman–Crippen LogP) is 3.93. The van der Waals surface area contributed by atoms with Crippen molar-refractivity contribution in [2.75, 3.05) is 43.2 Å². The molecule has 2 aromatic rings. The lowest BCUT2D eigenvalue weighted by atomic mass is 9.77. The lowest BCUT2D eigenvalue weighted by Gasteiger charge is -2.38. The van der Waals surface area contributed by atoms with Crippen LogP contribution in [-0.2, 0) is 14.6 Å². The molecule has 1 aromatic heterocycles. The molecule has 2 saturated carbocycles. The molecule has 0 spiro atoms. The summed E-state index contributed by atoms with van der Waals surface area (Å²) in [6.45, 7) is 4.67. The zero-order valence-corrected chi connectivity index (χ0v) is 23.5. The first kappa shape index (κ1) is 27.6. The van der Waals surface area contributed by atoms with Crippen LogP contribution in [0.1, 0.15) is 58.3 Å². The standard InChI is InChI=1S/C29H45N5O3S/c1-2-38(35,36)28-10-8-24-16-23(28)17-31-18-27(21-5-3-20(4-6-21)12-14-37-19-33-24)34-25-7-9-26-22(15-25)11-13-32-29(26)30/h7,9,11,13,15,20-21,23-24,27-28,31,33-34H,2-6,8,10,12,14,16-19H2,1H3,(H2,30,32)/t20?,21?,23?,24?,27-,28?/m0/s1. The molecule has 0 radical (unpaired) electrons. The highest BCUT2D eigenvalue weighted by Gasteiger charge is 2.38. The van der Waals surface area contributed by atoms with E-state index in [4.69, 9.17) is 10.5 Å². The number of benzene rings is 1. The summed E-state index contributed by atoms with van der Waals surface area (Å²) in [5, 5.41) is 12.9. The lowest BCUT2D eigenvalue weighted by molar-refractivity contribution is 0.0803. The van der Waals surface area contributed by atoms with Crippen molar-refractivity contribution in [3.63, 3.8) is 0 Å². The molecule has 2 saturated heterocycles. The molecule has 1 aromatic carbocycles. The molecule has 38 heavy (non-hydrogen) atoms.